The van der Waals surface area contributed by atoms with E-state index in [-0.39, 0.29) is 17.2 Å². The summed E-state index contributed by atoms with van der Waals surface area (Å²) in [4.78, 5) is 12.3. The van der Waals surface area contributed by atoms with Crippen molar-refractivity contribution in [3.63, 3.8) is 0 Å². The van der Waals surface area contributed by atoms with Gasteiger partial charge in [0, 0.05) is 24.0 Å². The fraction of sp³-hybridized carbons (Fsp3) is 0.421. The van der Waals surface area contributed by atoms with Crippen LogP contribution in [0.5, 0.6) is 0 Å². The minimum Gasteiger partial charge on any atom is -0.461 e. The molecule has 142 valence electrons. The first-order valence-electron chi connectivity index (χ1n) is 8.55. The maximum atomic E-state index is 12.9. The third-order valence-electron chi connectivity index (χ3n) is 4.43. The molecule has 0 unspecified atom stereocenters. The van der Waals surface area contributed by atoms with E-state index in [1.54, 1.807) is 44.5 Å². The molecule has 0 saturated heterocycles. The molecule has 1 heterocycles. The molecule has 26 heavy (non-hydrogen) atoms. The van der Waals surface area contributed by atoms with Crippen molar-refractivity contribution in [1.29, 1.82) is 0 Å². The highest BCUT2D eigenvalue weighted by Gasteiger charge is 2.29. The van der Waals surface area contributed by atoms with Gasteiger partial charge < -0.3 is 9.30 Å². The van der Waals surface area contributed by atoms with E-state index in [0.29, 0.717) is 22.9 Å². The number of sulfonamides is 1. The van der Waals surface area contributed by atoms with E-state index in [1.165, 1.54) is 0 Å². The first kappa shape index (κ1) is 20.0. The average molecular weight is 378 g/mol. The number of carbonyl (C=O) groups excluding carboxylic acids is 1. The van der Waals surface area contributed by atoms with E-state index in [0.717, 1.165) is 5.56 Å². The van der Waals surface area contributed by atoms with Crippen molar-refractivity contribution in [1.82, 2.24) is 4.57 Å². The highest BCUT2D eigenvalue weighted by atomic mass is 32.2. The highest BCUT2D eigenvalue weighted by molar-refractivity contribution is 7.92. The maximum absolute atomic E-state index is 12.9. The van der Waals surface area contributed by atoms with Crippen molar-refractivity contribution < 1.29 is 17.9 Å². The molecule has 1 aromatic carbocycles. The number of benzene rings is 1. The fourth-order valence-electron chi connectivity index (χ4n) is 2.98. The highest BCUT2D eigenvalue weighted by Crippen LogP contribution is 2.28. The van der Waals surface area contributed by atoms with Crippen LogP contribution in [-0.2, 0) is 21.8 Å². The minimum atomic E-state index is -3.84. The van der Waals surface area contributed by atoms with Gasteiger partial charge in [-0.3, -0.25) is 4.72 Å². The Labute approximate surface area is 155 Å². The lowest BCUT2D eigenvalue weighted by atomic mass is 10.0. The number of esters is 1. The van der Waals surface area contributed by atoms with E-state index in [1.807, 2.05) is 12.1 Å². The first-order chi connectivity index (χ1) is 12.1. The van der Waals surface area contributed by atoms with Crippen molar-refractivity contribution in [3.05, 3.63) is 46.8 Å². The van der Waals surface area contributed by atoms with Gasteiger partial charge in [-0.05, 0) is 44.4 Å². The van der Waals surface area contributed by atoms with Crippen LogP contribution in [0.2, 0.25) is 0 Å². The Balaban J connectivity index is 2.43. The summed E-state index contributed by atoms with van der Waals surface area (Å²) in [7, 11) is -2.18. The molecule has 0 radical (unpaired) electrons. The van der Waals surface area contributed by atoms with Gasteiger partial charge in [0.25, 0.3) is 10.0 Å². The van der Waals surface area contributed by atoms with Gasteiger partial charge in [0.05, 0.1) is 6.61 Å². The van der Waals surface area contributed by atoms with Crippen molar-refractivity contribution in [3.8, 4) is 0 Å². The van der Waals surface area contributed by atoms with Crippen LogP contribution in [0.1, 0.15) is 54.0 Å². The van der Waals surface area contributed by atoms with Gasteiger partial charge >= 0.3 is 5.97 Å². The lowest BCUT2D eigenvalue weighted by Gasteiger charge is -2.11. The zero-order valence-corrected chi connectivity index (χ0v) is 16.9. The van der Waals surface area contributed by atoms with Crippen molar-refractivity contribution in [2.75, 3.05) is 11.3 Å². The smallest absolute Gasteiger partial charge is 0.355 e. The van der Waals surface area contributed by atoms with Crippen LogP contribution in [0.4, 0.5) is 5.69 Å². The molecule has 0 aliphatic rings. The quantitative estimate of drug-likeness (QED) is 0.777. The zero-order chi connectivity index (χ0) is 19.6. The predicted molar refractivity (Wildman–Crippen MR) is 102 cm³/mol. The van der Waals surface area contributed by atoms with Gasteiger partial charge in [-0.2, -0.15) is 0 Å². The van der Waals surface area contributed by atoms with E-state index in [4.69, 9.17) is 4.74 Å². The monoisotopic (exact) mass is 378 g/mol. The number of nitrogens with one attached hydrogen (secondary N) is 1. The molecule has 2 aromatic rings. The van der Waals surface area contributed by atoms with E-state index >= 15 is 0 Å². The number of ether oxygens (including phenoxy) is 1. The summed E-state index contributed by atoms with van der Waals surface area (Å²) in [6.45, 7) is 9.38. The summed E-state index contributed by atoms with van der Waals surface area (Å²) in [5, 5.41) is 0. The molecular weight excluding hydrogens is 352 g/mol. The Bertz CT molecular complexity index is 910. The summed E-state index contributed by atoms with van der Waals surface area (Å²) < 4.78 is 35.1. The molecule has 0 saturated carbocycles. The number of carbonyl (C=O) groups is 1. The molecule has 0 spiro atoms. The Hall–Kier alpha value is -2.28. The second-order valence-corrected chi connectivity index (χ2v) is 8.17. The van der Waals surface area contributed by atoms with Gasteiger partial charge in [0.1, 0.15) is 10.6 Å². The first-order valence-corrected chi connectivity index (χ1v) is 10.0. The van der Waals surface area contributed by atoms with Crippen molar-refractivity contribution >= 4 is 21.7 Å². The molecule has 0 bridgehead atoms. The van der Waals surface area contributed by atoms with Crippen LogP contribution in [0.25, 0.3) is 0 Å². The van der Waals surface area contributed by atoms with E-state index < -0.39 is 16.0 Å². The van der Waals surface area contributed by atoms with Crippen LogP contribution >= 0.6 is 0 Å². The number of anilines is 1. The fourth-order valence-corrected chi connectivity index (χ4v) is 4.55. The molecule has 1 N–H and O–H groups in total. The molecule has 0 amide bonds. The van der Waals surface area contributed by atoms with E-state index in [9.17, 15) is 13.2 Å². The molecule has 0 fully saturated rings. The van der Waals surface area contributed by atoms with E-state index in [2.05, 4.69) is 18.6 Å². The normalized spacial score (nSPS) is 11.7. The summed E-state index contributed by atoms with van der Waals surface area (Å²) in [5.41, 5.74) is 2.73. The van der Waals surface area contributed by atoms with Crippen LogP contribution < -0.4 is 4.72 Å². The predicted octanol–water partition coefficient (Wildman–Crippen LogP) is 3.74. The molecule has 6 nitrogen and oxygen atoms in total. The van der Waals surface area contributed by atoms with Gasteiger partial charge in [-0.15, -0.1) is 0 Å². The SMILES string of the molecule is CCOC(=O)c1c(C)c(S(=O)(=O)Nc2ccc(C(C)C)cc2)c(C)n1C. The molecule has 0 aliphatic heterocycles. The molecule has 7 heteroatoms. The van der Waals surface area contributed by atoms with Crippen LogP contribution in [0, 0.1) is 13.8 Å². The minimum absolute atomic E-state index is 0.107. The summed E-state index contributed by atoms with van der Waals surface area (Å²) >= 11 is 0. The second-order valence-electron chi connectivity index (χ2n) is 6.55. The maximum Gasteiger partial charge on any atom is 0.355 e. The standard InChI is InChI=1S/C19H26N2O4S/c1-7-25-19(22)17-13(4)18(14(5)21(17)6)26(23,24)20-16-10-8-15(9-11-16)12(2)3/h8-12,20H,7H2,1-6H3. The van der Waals surface area contributed by atoms with Crippen LogP contribution in [0.15, 0.2) is 29.2 Å². The molecule has 1 aromatic heterocycles. The topological polar surface area (TPSA) is 77.4 Å². The lowest BCUT2D eigenvalue weighted by molar-refractivity contribution is 0.0514. The Morgan fingerprint density at radius 3 is 2.27 bits per heavy atom. The van der Waals surface area contributed by atoms with Crippen LogP contribution in [-0.4, -0.2) is 25.6 Å². The third-order valence-corrected chi connectivity index (χ3v) is 6.07. The number of aromatic nitrogens is 1. The molecular formula is C19H26N2O4S. The van der Waals surface area contributed by atoms with Gasteiger partial charge in [-0.1, -0.05) is 26.0 Å². The second kappa shape index (κ2) is 7.53. The average Bonchev–Trinajstić information content (AvgIpc) is 2.77. The number of nitrogens with zero attached hydrogens (tertiary/aromatic N) is 1. The van der Waals surface area contributed by atoms with Gasteiger partial charge in [0.15, 0.2) is 0 Å². The number of hydrogen-bond acceptors (Lipinski definition) is 4. The number of rotatable bonds is 6. The van der Waals surface area contributed by atoms with Crippen molar-refractivity contribution in [2.24, 2.45) is 7.05 Å². The number of hydrogen-bond donors (Lipinski definition) is 1. The van der Waals surface area contributed by atoms with Gasteiger partial charge in [0.2, 0.25) is 0 Å². The summed E-state index contributed by atoms with van der Waals surface area (Å²) in [5.74, 6) is -0.162. The lowest BCUT2D eigenvalue weighted by Crippen LogP contribution is -2.15. The van der Waals surface area contributed by atoms with Gasteiger partial charge in [-0.25, -0.2) is 13.2 Å². The molecule has 0 aliphatic carbocycles. The zero-order valence-electron chi connectivity index (χ0n) is 16.1. The molecule has 0 atom stereocenters. The van der Waals surface area contributed by atoms with Crippen molar-refractivity contribution in [2.45, 2.75) is 45.4 Å². The Morgan fingerprint density at radius 2 is 1.77 bits per heavy atom. The Kier molecular flexibility index (Phi) is 5.81. The summed E-state index contributed by atoms with van der Waals surface area (Å²) in [6, 6.07) is 7.29. The molecule has 2 rings (SSSR count). The third kappa shape index (κ3) is 3.77. The summed E-state index contributed by atoms with van der Waals surface area (Å²) in [6.07, 6.45) is 0. The largest absolute Gasteiger partial charge is 0.461 e. The van der Waals surface area contributed by atoms with Crippen LogP contribution in [0.3, 0.4) is 0 Å². The Morgan fingerprint density at radius 1 is 1.19 bits per heavy atom.